The molecule has 2 rings (SSSR count). The van der Waals surface area contributed by atoms with Crippen LogP contribution in [-0.2, 0) is 22.6 Å². The van der Waals surface area contributed by atoms with Crippen LogP contribution >= 0.6 is 0 Å². The minimum atomic E-state index is -0.0208. The number of hydrogen-bond acceptors (Lipinski definition) is 4. The summed E-state index contributed by atoms with van der Waals surface area (Å²) in [6.07, 6.45) is 23.3. The Bertz CT molecular complexity index is 648. The van der Waals surface area contributed by atoms with E-state index in [4.69, 9.17) is 15.2 Å². The van der Waals surface area contributed by atoms with Crippen LogP contribution < -0.4 is 5.73 Å². The van der Waals surface area contributed by atoms with Gasteiger partial charge in [0.1, 0.15) is 0 Å². The molecule has 1 atom stereocenters. The van der Waals surface area contributed by atoms with Gasteiger partial charge in [-0.05, 0) is 18.4 Å². The van der Waals surface area contributed by atoms with Crippen LogP contribution in [0.3, 0.4) is 0 Å². The number of rotatable bonds is 22. The molecule has 5 heteroatoms. The maximum atomic E-state index is 5.86. The first-order valence-electron chi connectivity index (χ1n) is 13.3. The Morgan fingerprint density at radius 3 is 1.97 bits per heavy atom. The number of nitrogens with zero attached hydrogens (tertiary/aromatic N) is 2. The number of nitrogens with two attached hydrogens (primary N) is 1. The molecule has 5 nitrogen and oxygen atoms in total. The molecule has 1 heterocycles. The Balaban J connectivity index is 1.26. The lowest BCUT2D eigenvalue weighted by molar-refractivity contribution is -0.0203. The molecular weight excluding hydrogens is 410 g/mol. The largest absolute Gasteiger partial charge is 0.379 e. The SMILES string of the molecule is NCC(COCCCCCCCCCCCCCCCn1ccnc1)OCc1ccccc1. The molecule has 33 heavy (non-hydrogen) atoms. The molecule has 1 aromatic heterocycles. The molecule has 1 unspecified atom stereocenters. The zero-order valence-electron chi connectivity index (χ0n) is 20.7. The van der Waals surface area contributed by atoms with Gasteiger partial charge in [-0.25, -0.2) is 4.98 Å². The fourth-order valence-corrected chi connectivity index (χ4v) is 4.05. The standard InChI is InChI=1S/C28H47N3O2/c29-23-28(33-24-27-17-13-12-14-18-27)25-32-22-16-11-9-7-5-3-1-2-4-6-8-10-15-20-31-21-19-30-26-31/h12-14,17-19,21,26,28H,1-11,15-16,20,22-25,29H2. The van der Waals surface area contributed by atoms with E-state index in [1.54, 1.807) is 0 Å². The fourth-order valence-electron chi connectivity index (χ4n) is 4.05. The van der Waals surface area contributed by atoms with Crippen LogP contribution in [0.15, 0.2) is 49.1 Å². The Morgan fingerprint density at radius 1 is 0.788 bits per heavy atom. The molecule has 0 saturated heterocycles. The van der Waals surface area contributed by atoms with Crippen molar-refractivity contribution in [1.82, 2.24) is 9.55 Å². The van der Waals surface area contributed by atoms with Crippen molar-refractivity contribution in [2.75, 3.05) is 19.8 Å². The van der Waals surface area contributed by atoms with E-state index in [9.17, 15) is 0 Å². The number of aromatic nitrogens is 2. The van der Waals surface area contributed by atoms with Crippen molar-refractivity contribution in [2.24, 2.45) is 5.73 Å². The van der Waals surface area contributed by atoms with Crippen molar-refractivity contribution in [1.29, 1.82) is 0 Å². The Hall–Kier alpha value is -1.69. The van der Waals surface area contributed by atoms with Crippen LogP contribution in [-0.4, -0.2) is 35.4 Å². The van der Waals surface area contributed by atoms with E-state index in [1.165, 1.54) is 82.6 Å². The van der Waals surface area contributed by atoms with E-state index < -0.39 is 0 Å². The Labute approximate surface area is 202 Å². The van der Waals surface area contributed by atoms with Gasteiger partial charge < -0.3 is 19.8 Å². The summed E-state index contributed by atoms with van der Waals surface area (Å²) in [5.74, 6) is 0. The van der Waals surface area contributed by atoms with Crippen molar-refractivity contribution in [2.45, 2.75) is 103 Å². The molecular formula is C28H47N3O2. The number of unbranched alkanes of at least 4 members (excludes halogenated alkanes) is 12. The number of imidazole rings is 1. The molecule has 0 saturated carbocycles. The first kappa shape index (κ1) is 27.6. The van der Waals surface area contributed by atoms with Gasteiger partial charge >= 0.3 is 0 Å². The van der Waals surface area contributed by atoms with Crippen LogP contribution in [0.1, 0.15) is 89.0 Å². The molecule has 0 radical (unpaired) electrons. The number of aryl methyl sites for hydroxylation is 1. The molecule has 0 bridgehead atoms. The molecule has 0 spiro atoms. The van der Waals surface area contributed by atoms with Gasteiger partial charge in [0.05, 0.1) is 25.6 Å². The highest BCUT2D eigenvalue weighted by Crippen LogP contribution is 2.13. The van der Waals surface area contributed by atoms with Gasteiger partial charge in [-0.1, -0.05) is 101 Å². The summed E-state index contributed by atoms with van der Waals surface area (Å²) in [6, 6.07) is 10.2. The van der Waals surface area contributed by atoms with Gasteiger partial charge in [0.25, 0.3) is 0 Å². The van der Waals surface area contributed by atoms with Crippen LogP contribution in [0.25, 0.3) is 0 Å². The molecule has 0 fully saturated rings. The van der Waals surface area contributed by atoms with E-state index in [0.29, 0.717) is 19.8 Å². The second kappa shape index (κ2) is 19.7. The molecule has 1 aromatic carbocycles. The van der Waals surface area contributed by atoms with Crippen molar-refractivity contribution in [3.63, 3.8) is 0 Å². The van der Waals surface area contributed by atoms with E-state index in [2.05, 4.69) is 27.9 Å². The number of ether oxygens (including phenoxy) is 2. The number of hydrogen-bond donors (Lipinski definition) is 1. The van der Waals surface area contributed by atoms with E-state index in [-0.39, 0.29) is 6.10 Å². The maximum Gasteiger partial charge on any atom is 0.0945 e. The summed E-state index contributed by atoms with van der Waals surface area (Å²) in [5, 5.41) is 0. The minimum absolute atomic E-state index is 0.0208. The third-order valence-corrected chi connectivity index (χ3v) is 6.16. The van der Waals surface area contributed by atoms with Gasteiger partial charge in [-0.2, -0.15) is 0 Å². The van der Waals surface area contributed by atoms with Crippen LogP contribution in [0.5, 0.6) is 0 Å². The third kappa shape index (κ3) is 14.9. The van der Waals surface area contributed by atoms with Crippen molar-refractivity contribution in [3.05, 3.63) is 54.6 Å². The second-order valence-corrected chi connectivity index (χ2v) is 9.13. The van der Waals surface area contributed by atoms with Gasteiger partial charge in [-0.3, -0.25) is 0 Å². The molecule has 0 aliphatic carbocycles. The van der Waals surface area contributed by atoms with Crippen LogP contribution in [0.4, 0.5) is 0 Å². The third-order valence-electron chi connectivity index (χ3n) is 6.16. The summed E-state index contributed by atoms with van der Waals surface area (Å²) < 4.78 is 13.8. The lowest BCUT2D eigenvalue weighted by Crippen LogP contribution is -2.29. The van der Waals surface area contributed by atoms with Crippen LogP contribution in [0.2, 0.25) is 0 Å². The first-order valence-corrected chi connectivity index (χ1v) is 13.3. The Kier molecular flexibility index (Phi) is 16.5. The lowest BCUT2D eigenvalue weighted by atomic mass is 10.0. The van der Waals surface area contributed by atoms with E-state index in [1.807, 2.05) is 30.7 Å². The molecule has 0 aliphatic heterocycles. The average Bonchev–Trinajstić information content (AvgIpc) is 3.37. The fraction of sp³-hybridized carbons (Fsp3) is 0.679. The molecule has 2 N–H and O–H groups in total. The smallest absolute Gasteiger partial charge is 0.0945 e. The van der Waals surface area contributed by atoms with Crippen LogP contribution in [0, 0.1) is 0 Å². The van der Waals surface area contributed by atoms with Gasteiger partial charge in [0.2, 0.25) is 0 Å². The van der Waals surface area contributed by atoms with Crippen molar-refractivity contribution >= 4 is 0 Å². The van der Waals surface area contributed by atoms with E-state index in [0.717, 1.165) is 19.6 Å². The Morgan fingerprint density at radius 2 is 1.39 bits per heavy atom. The highest BCUT2D eigenvalue weighted by molar-refractivity contribution is 5.13. The predicted octanol–water partition coefficient (Wildman–Crippen LogP) is 6.52. The monoisotopic (exact) mass is 457 g/mol. The highest BCUT2D eigenvalue weighted by atomic mass is 16.5. The summed E-state index contributed by atoms with van der Waals surface area (Å²) in [6.45, 7) is 3.61. The molecule has 0 aliphatic rings. The lowest BCUT2D eigenvalue weighted by Gasteiger charge is -2.16. The zero-order chi connectivity index (χ0) is 23.2. The summed E-state index contributed by atoms with van der Waals surface area (Å²) in [7, 11) is 0. The normalized spacial score (nSPS) is 12.3. The molecule has 186 valence electrons. The predicted molar refractivity (Wildman–Crippen MR) is 137 cm³/mol. The van der Waals surface area contributed by atoms with Gasteiger partial charge in [-0.15, -0.1) is 0 Å². The quantitative estimate of drug-likeness (QED) is 0.205. The molecule has 2 aromatic rings. The second-order valence-electron chi connectivity index (χ2n) is 9.13. The summed E-state index contributed by atoms with van der Waals surface area (Å²) >= 11 is 0. The summed E-state index contributed by atoms with van der Waals surface area (Å²) in [4.78, 5) is 4.09. The highest BCUT2D eigenvalue weighted by Gasteiger charge is 2.07. The zero-order valence-corrected chi connectivity index (χ0v) is 20.7. The van der Waals surface area contributed by atoms with Crippen molar-refractivity contribution in [3.8, 4) is 0 Å². The number of benzene rings is 1. The topological polar surface area (TPSA) is 62.3 Å². The minimum Gasteiger partial charge on any atom is -0.379 e. The van der Waals surface area contributed by atoms with Gasteiger partial charge in [0, 0.05) is 32.1 Å². The van der Waals surface area contributed by atoms with Crippen molar-refractivity contribution < 1.29 is 9.47 Å². The average molecular weight is 458 g/mol. The molecule has 0 amide bonds. The van der Waals surface area contributed by atoms with Gasteiger partial charge in [0.15, 0.2) is 0 Å². The maximum absolute atomic E-state index is 5.86. The summed E-state index contributed by atoms with van der Waals surface area (Å²) in [5.41, 5.74) is 6.99. The van der Waals surface area contributed by atoms with E-state index >= 15 is 0 Å². The first-order chi connectivity index (χ1) is 16.4.